The maximum absolute atomic E-state index is 9.26. The Morgan fingerprint density at radius 1 is 1.33 bits per heavy atom. The summed E-state index contributed by atoms with van der Waals surface area (Å²) in [7, 11) is 3.33. The number of nitrogens with zero attached hydrogens (tertiary/aromatic N) is 3. The van der Waals surface area contributed by atoms with E-state index in [0.717, 1.165) is 22.8 Å². The van der Waals surface area contributed by atoms with Crippen LogP contribution in [0.2, 0.25) is 0 Å². The van der Waals surface area contributed by atoms with Crippen LogP contribution in [0.25, 0.3) is 5.65 Å². The molecule has 0 bridgehead atoms. The van der Waals surface area contributed by atoms with Gasteiger partial charge in [-0.2, -0.15) is 0 Å². The van der Waals surface area contributed by atoms with Crippen molar-refractivity contribution in [3.63, 3.8) is 0 Å². The minimum absolute atomic E-state index is 0.535. The Morgan fingerprint density at radius 2 is 2.17 bits per heavy atom. The van der Waals surface area contributed by atoms with Gasteiger partial charge in [-0.05, 0) is 0 Å². The van der Waals surface area contributed by atoms with Gasteiger partial charge in [-0.25, -0.2) is 0 Å². The predicted molar refractivity (Wildman–Crippen MR) is 92.2 cm³/mol. The summed E-state index contributed by atoms with van der Waals surface area (Å²) < 4.78 is 15.2. The Balaban J connectivity index is 1.81. The molecule has 2 aromatic heterocycles. The standard InChI is InChI=1S/C17H17AsN4O2/c1-23-12-5-6-13(14(7-12)24-2)18-16-15(10-3-4-10)21-17-11(8-19)9-20-22(16)17/h5-7,9-10,18,20H,3-4H2,1-2H3. The topological polar surface area (TPSA) is 75.3 Å². The van der Waals surface area contributed by atoms with Gasteiger partial charge in [0.25, 0.3) is 0 Å². The van der Waals surface area contributed by atoms with Crippen molar-refractivity contribution in [1.82, 2.24) is 14.6 Å². The molecule has 1 aliphatic rings. The minimum atomic E-state index is -0.673. The van der Waals surface area contributed by atoms with Crippen molar-refractivity contribution in [3.05, 3.63) is 35.7 Å². The predicted octanol–water partition coefficient (Wildman–Crippen LogP) is 0.816. The number of imidazole rings is 1. The molecule has 1 fully saturated rings. The third kappa shape index (κ3) is 2.46. The summed E-state index contributed by atoms with van der Waals surface area (Å²) in [6, 6.07) is 8.16. The fourth-order valence-electron chi connectivity index (χ4n) is 2.81. The zero-order chi connectivity index (χ0) is 16.7. The first-order valence-electron chi connectivity index (χ1n) is 7.74. The first-order chi connectivity index (χ1) is 11.7. The molecule has 24 heavy (non-hydrogen) atoms. The molecular weight excluding hydrogens is 367 g/mol. The van der Waals surface area contributed by atoms with Crippen LogP contribution in [-0.4, -0.2) is 44.6 Å². The monoisotopic (exact) mass is 384 g/mol. The molecule has 3 aromatic rings. The molecule has 7 heteroatoms. The van der Waals surface area contributed by atoms with E-state index in [1.54, 1.807) is 20.4 Å². The maximum atomic E-state index is 9.26. The van der Waals surface area contributed by atoms with Crippen LogP contribution in [0, 0.1) is 11.3 Å². The van der Waals surface area contributed by atoms with E-state index >= 15 is 0 Å². The Hall–Kier alpha value is -2.38. The van der Waals surface area contributed by atoms with E-state index in [9.17, 15) is 5.26 Å². The molecule has 0 aliphatic heterocycles. The summed E-state index contributed by atoms with van der Waals surface area (Å²) in [5.74, 6) is 2.17. The van der Waals surface area contributed by atoms with Crippen LogP contribution in [0.3, 0.4) is 0 Å². The number of nitriles is 1. The van der Waals surface area contributed by atoms with Crippen LogP contribution < -0.4 is 18.3 Å². The molecular formula is C17H17AsN4O2. The van der Waals surface area contributed by atoms with E-state index < -0.39 is 15.8 Å². The first-order valence-corrected chi connectivity index (χ1v) is 9.84. The molecule has 0 saturated heterocycles. The number of benzene rings is 1. The summed E-state index contributed by atoms with van der Waals surface area (Å²) in [6.07, 6.45) is 4.09. The number of hydrogen-bond donors (Lipinski definition) is 1. The van der Waals surface area contributed by atoms with Gasteiger partial charge in [0.1, 0.15) is 0 Å². The van der Waals surface area contributed by atoms with Gasteiger partial charge in [0.15, 0.2) is 0 Å². The van der Waals surface area contributed by atoms with Crippen molar-refractivity contribution in [2.45, 2.75) is 18.8 Å². The Bertz CT molecular complexity index is 950. The Labute approximate surface area is 146 Å². The van der Waals surface area contributed by atoms with Crippen LogP contribution in [0.1, 0.15) is 30.0 Å². The quantitative estimate of drug-likeness (QED) is 0.661. The second kappa shape index (κ2) is 5.92. The first kappa shape index (κ1) is 15.2. The molecule has 1 N–H and O–H groups in total. The molecule has 1 saturated carbocycles. The molecule has 0 spiro atoms. The molecule has 4 rings (SSSR count). The molecule has 0 amide bonds. The summed E-state index contributed by atoms with van der Waals surface area (Å²) in [4.78, 5) is 4.77. The molecule has 0 radical (unpaired) electrons. The van der Waals surface area contributed by atoms with E-state index in [0.29, 0.717) is 11.5 Å². The number of methoxy groups -OCH3 is 2. The molecule has 2 heterocycles. The van der Waals surface area contributed by atoms with E-state index in [2.05, 4.69) is 17.2 Å². The zero-order valence-corrected chi connectivity index (χ0v) is 15.6. The average Bonchev–Trinajstić information content (AvgIpc) is 3.29. The fourth-order valence-corrected chi connectivity index (χ4v) is 5.73. The van der Waals surface area contributed by atoms with Crippen LogP contribution in [0.5, 0.6) is 11.5 Å². The van der Waals surface area contributed by atoms with Crippen molar-refractivity contribution >= 4 is 30.2 Å². The molecule has 1 aromatic carbocycles. The molecule has 6 nitrogen and oxygen atoms in total. The van der Waals surface area contributed by atoms with Gasteiger partial charge in [-0.1, -0.05) is 0 Å². The van der Waals surface area contributed by atoms with Gasteiger partial charge >= 0.3 is 146 Å². The van der Waals surface area contributed by atoms with Crippen molar-refractivity contribution < 1.29 is 9.47 Å². The number of ether oxygens (including phenoxy) is 2. The molecule has 122 valence electrons. The van der Waals surface area contributed by atoms with E-state index in [1.165, 1.54) is 21.7 Å². The van der Waals surface area contributed by atoms with Crippen molar-refractivity contribution in [2.24, 2.45) is 0 Å². The number of rotatable bonds is 5. The average molecular weight is 384 g/mol. The number of H-pyrrole nitrogens is 1. The summed E-state index contributed by atoms with van der Waals surface area (Å²) in [6.45, 7) is 0. The van der Waals surface area contributed by atoms with Gasteiger partial charge in [0, 0.05) is 0 Å². The summed E-state index contributed by atoms with van der Waals surface area (Å²) in [5, 5.41) is 12.4. The van der Waals surface area contributed by atoms with E-state index in [4.69, 9.17) is 14.5 Å². The Morgan fingerprint density at radius 3 is 2.83 bits per heavy atom. The van der Waals surface area contributed by atoms with Crippen LogP contribution in [0.15, 0.2) is 24.4 Å². The van der Waals surface area contributed by atoms with Gasteiger partial charge < -0.3 is 0 Å². The zero-order valence-electron chi connectivity index (χ0n) is 13.5. The van der Waals surface area contributed by atoms with Gasteiger partial charge in [-0.15, -0.1) is 0 Å². The number of nitrogens with one attached hydrogen (secondary N) is 1. The number of fused-ring (bicyclic) bond motifs is 1. The second-order valence-corrected chi connectivity index (χ2v) is 8.42. The number of aromatic amines is 1. The summed E-state index contributed by atoms with van der Waals surface area (Å²) >= 11 is -0.673. The normalized spacial score (nSPS) is 14.4. The fraction of sp³-hybridized carbons (Fsp3) is 0.294. The number of hydrogen-bond acceptors (Lipinski definition) is 4. The van der Waals surface area contributed by atoms with Gasteiger partial charge in [0.05, 0.1) is 0 Å². The summed E-state index contributed by atoms with van der Waals surface area (Å²) in [5.41, 5.74) is 2.48. The van der Waals surface area contributed by atoms with E-state index in [1.807, 2.05) is 16.6 Å². The van der Waals surface area contributed by atoms with Crippen molar-refractivity contribution in [1.29, 1.82) is 5.26 Å². The molecule has 1 unspecified atom stereocenters. The SMILES string of the molecule is COc1ccc([AsH]c2c(C3CC3)nc3c(C#N)c[nH]n23)c(OC)c1. The van der Waals surface area contributed by atoms with E-state index in [-0.39, 0.29) is 0 Å². The number of aromatic nitrogens is 3. The Kier molecular flexibility index (Phi) is 3.74. The van der Waals surface area contributed by atoms with Crippen molar-refractivity contribution in [3.8, 4) is 17.6 Å². The molecule has 1 aliphatic carbocycles. The molecule has 1 atom stereocenters. The van der Waals surface area contributed by atoms with Gasteiger partial charge in [0.2, 0.25) is 0 Å². The van der Waals surface area contributed by atoms with Crippen LogP contribution in [0.4, 0.5) is 0 Å². The third-order valence-electron chi connectivity index (χ3n) is 4.23. The van der Waals surface area contributed by atoms with Crippen LogP contribution >= 0.6 is 0 Å². The van der Waals surface area contributed by atoms with Crippen LogP contribution in [-0.2, 0) is 0 Å². The third-order valence-corrected chi connectivity index (χ3v) is 7.16. The second-order valence-electron chi connectivity index (χ2n) is 5.77. The van der Waals surface area contributed by atoms with Gasteiger partial charge in [-0.3, -0.25) is 0 Å². The van der Waals surface area contributed by atoms with Crippen molar-refractivity contribution in [2.75, 3.05) is 14.2 Å².